The second-order valence-corrected chi connectivity index (χ2v) is 21.4. The van der Waals surface area contributed by atoms with Crippen LogP contribution in [0.25, 0.3) is 6.08 Å². The minimum absolute atomic E-state index is 0.142. The molecule has 2 atom stereocenters. The van der Waals surface area contributed by atoms with Crippen LogP contribution in [0.3, 0.4) is 0 Å². The summed E-state index contributed by atoms with van der Waals surface area (Å²) in [7, 11) is -4.29. The van der Waals surface area contributed by atoms with Crippen LogP contribution in [0.5, 0.6) is 11.5 Å². The number of hydrogen-bond donors (Lipinski definition) is 1. The van der Waals surface area contributed by atoms with Crippen LogP contribution in [0.15, 0.2) is 17.7 Å². The predicted molar refractivity (Wildman–Crippen MR) is 150 cm³/mol. The molecule has 0 saturated carbocycles. The Balaban J connectivity index is 2.15. The minimum atomic E-state index is -2.21. The zero-order chi connectivity index (χ0) is 26.8. The molecule has 0 amide bonds. The lowest BCUT2D eigenvalue weighted by Crippen LogP contribution is -2.50. The van der Waals surface area contributed by atoms with Gasteiger partial charge in [-0.1, -0.05) is 68.4 Å². The second-order valence-electron chi connectivity index (χ2n) is 11.2. The van der Waals surface area contributed by atoms with Crippen LogP contribution in [0.2, 0.25) is 34.8 Å². The van der Waals surface area contributed by atoms with Crippen LogP contribution in [-0.2, 0) is 13.6 Å². The van der Waals surface area contributed by atoms with E-state index in [0.717, 1.165) is 29.3 Å². The summed E-state index contributed by atoms with van der Waals surface area (Å²) in [6, 6.07) is 6.92. The smallest absolute Gasteiger partial charge is 0.332 e. The molecule has 202 valence electrons. The highest BCUT2D eigenvalue weighted by Gasteiger charge is 2.48. The van der Waals surface area contributed by atoms with E-state index in [1.54, 1.807) is 6.08 Å². The van der Waals surface area contributed by atoms with Crippen LogP contribution in [-0.4, -0.2) is 41.1 Å². The van der Waals surface area contributed by atoms with Crippen molar-refractivity contribution >= 4 is 28.7 Å². The van der Waals surface area contributed by atoms with E-state index < -0.39 is 34.6 Å². The number of carboxylic acid groups (broad SMARTS) is 1. The molecule has 1 aromatic carbocycles. The molecule has 0 bridgehead atoms. The number of rotatable bonds is 12. The van der Waals surface area contributed by atoms with Crippen LogP contribution in [0.1, 0.15) is 79.5 Å². The van der Waals surface area contributed by atoms with Crippen LogP contribution >= 0.6 is 0 Å². The number of benzene rings is 1. The Labute approximate surface area is 219 Å². The quantitative estimate of drug-likeness (QED) is 0.276. The largest absolute Gasteiger partial charge is 0.478 e. The summed E-state index contributed by atoms with van der Waals surface area (Å²) in [5.41, 5.74) is 3.32. The van der Waals surface area contributed by atoms with Crippen molar-refractivity contribution in [3.05, 3.63) is 28.8 Å². The average Bonchev–Trinajstić information content (AvgIpc) is 3.32. The first-order chi connectivity index (χ1) is 17.0. The molecule has 0 fully saturated rings. The molecule has 2 unspecified atom stereocenters. The molecule has 0 aromatic heterocycles. The van der Waals surface area contributed by atoms with Gasteiger partial charge in [-0.25, -0.2) is 4.79 Å². The van der Waals surface area contributed by atoms with E-state index in [0.29, 0.717) is 40.3 Å². The Kier molecular flexibility index (Phi) is 9.18. The number of carbonyl (C=O) groups is 1. The molecule has 0 radical (unpaired) electrons. The maximum Gasteiger partial charge on any atom is 0.332 e. The Morgan fingerprint density at radius 1 is 1.00 bits per heavy atom. The third-order valence-electron chi connectivity index (χ3n) is 8.76. The molecule has 3 rings (SSSR count). The van der Waals surface area contributed by atoms with E-state index >= 15 is 0 Å². The Morgan fingerprint density at radius 2 is 1.58 bits per heavy atom. The van der Waals surface area contributed by atoms with E-state index in [-0.39, 0.29) is 6.79 Å². The summed E-state index contributed by atoms with van der Waals surface area (Å²) >= 11 is 0. The molecular weight excluding hydrogens is 488 g/mol. The van der Waals surface area contributed by atoms with Crippen molar-refractivity contribution in [2.45, 2.75) is 103 Å². The minimum Gasteiger partial charge on any atom is -0.478 e. The van der Waals surface area contributed by atoms with Crippen molar-refractivity contribution in [1.82, 2.24) is 0 Å². The maximum absolute atomic E-state index is 12.7. The number of fused-ring (bicyclic) bond motifs is 3. The van der Waals surface area contributed by atoms with E-state index in [9.17, 15) is 9.90 Å². The molecule has 1 heterocycles. The lowest BCUT2D eigenvalue weighted by atomic mass is 9.81. The summed E-state index contributed by atoms with van der Waals surface area (Å²) in [4.78, 5) is 12.7. The van der Waals surface area contributed by atoms with Gasteiger partial charge in [0.25, 0.3) is 0 Å². The highest BCUT2D eigenvalue weighted by molar-refractivity contribution is 6.77. The Hall–Kier alpha value is -1.62. The SMILES string of the molecule is CC[Si](CC)(CC)OC1c2ccc3c(c2C=C(C(=O)O)C1CO[Si](C(C)C)(C(C)C)C(C)C)OCO3. The molecule has 8 heteroatoms. The normalized spacial score (nSPS) is 19.7. The van der Waals surface area contributed by atoms with Gasteiger partial charge in [-0.2, -0.15) is 0 Å². The van der Waals surface area contributed by atoms with Gasteiger partial charge in [0.2, 0.25) is 6.79 Å². The van der Waals surface area contributed by atoms with Crippen molar-refractivity contribution in [3.63, 3.8) is 0 Å². The molecule has 2 aliphatic rings. The molecule has 36 heavy (non-hydrogen) atoms. The van der Waals surface area contributed by atoms with Gasteiger partial charge in [-0.15, -0.1) is 0 Å². The molecular formula is C28H46O6Si2. The molecule has 1 N–H and O–H groups in total. The van der Waals surface area contributed by atoms with Gasteiger partial charge in [-0.3, -0.25) is 0 Å². The van der Waals surface area contributed by atoms with Crippen LogP contribution in [0, 0.1) is 5.92 Å². The van der Waals surface area contributed by atoms with Gasteiger partial charge < -0.3 is 23.4 Å². The van der Waals surface area contributed by atoms with Crippen molar-refractivity contribution in [1.29, 1.82) is 0 Å². The van der Waals surface area contributed by atoms with Gasteiger partial charge in [0.05, 0.1) is 6.10 Å². The molecule has 6 nitrogen and oxygen atoms in total. The monoisotopic (exact) mass is 534 g/mol. The topological polar surface area (TPSA) is 74.2 Å². The highest BCUT2D eigenvalue weighted by Crippen LogP contribution is 2.50. The zero-order valence-corrected chi connectivity index (χ0v) is 25.6. The summed E-state index contributed by atoms with van der Waals surface area (Å²) < 4.78 is 25.5. The molecule has 0 spiro atoms. The van der Waals surface area contributed by atoms with Crippen molar-refractivity contribution in [3.8, 4) is 11.5 Å². The fourth-order valence-corrected chi connectivity index (χ4v) is 14.9. The second kappa shape index (κ2) is 11.4. The van der Waals surface area contributed by atoms with E-state index in [1.807, 2.05) is 12.1 Å². The van der Waals surface area contributed by atoms with Gasteiger partial charge in [-0.05, 0) is 52.5 Å². The maximum atomic E-state index is 12.7. The van der Waals surface area contributed by atoms with E-state index in [2.05, 4.69) is 62.3 Å². The lowest BCUT2D eigenvalue weighted by molar-refractivity contribution is -0.134. The third kappa shape index (κ3) is 5.06. The molecule has 1 aromatic rings. The lowest BCUT2D eigenvalue weighted by Gasteiger charge is -2.45. The van der Waals surface area contributed by atoms with Gasteiger partial charge >= 0.3 is 5.97 Å². The number of carboxylic acids is 1. The van der Waals surface area contributed by atoms with Crippen LogP contribution in [0.4, 0.5) is 0 Å². The predicted octanol–water partition coefficient (Wildman–Crippen LogP) is 7.77. The van der Waals surface area contributed by atoms with Gasteiger partial charge in [0.15, 0.2) is 28.1 Å². The fraction of sp³-hybridized carbons (Fsp3) is 0.679. The highest BCUT2D eigenvalue weighted by atomic mass is 28.4. The Morgan fingerprint density at radius 3 is 2.08 bits per heavy atom. The zero-order valence-electron chi connectivity index (χ0n) is 23.6. The Bertz CT molecular complexity index is 937. The molecule has 1 aliphatic heterocycles. The fourth-order valence-electron chi connectivity index (χ4n) is 6.60. The van der Waals surface area contributed by atoms with Gasteiger partial charge in [0.1, 0.15) is 0 Å². The number of aliphatic carboxylic acids is 1. The van der Waals surface area contributed by atoms with Crippen molar-refractivity contribution < 1.29 is 28.2 Å². The van der Waals surface area contributed by atoms with E-state index in [1.165, 1.54) is 0 Å². The first kappa shape index (κ1) is 28.9. The van der Waals surface area contributed by atoms with Crippen molar-refractivity contribution in [2.24, 2.45) is 5.92 Å². The van der Waals surface area contributed by atoms with Crippen molar-refractivity contribution in [2.75, 3.05) is 13.4 Å². The summed E-state index contributed by atoms with van der Waals surface area (Å²) in [5, 5.41) is 10.4. The summed E-state index contributed by atoms with van der Waals surface area (Å²) in [5.74, 6) is -0.0534. The van der Waals surface area contributed by atoms with Gasteiger partial charge in [0, 0.05) is 23.7 Å². The number of hydrogen-bond acceptors (Lipinski definition) is 5. The average molecular weight is 535 g/mol. The third-order valence-corrected chi connectivity index (χ3v) is 19.5. The van der Waals surface area contributed by atoms with E-state index in [4.69, 9.17) is 18.3 Å². The first-order valence-electron chi connectivity index (χ1n) is 13.7. The standard InChI is InChI=1S/C28H46O6Si2/c1-10-35(11-2,12-3)34-26-21-13-14-25-27(32-17-31-25)22(21)15-23(28(29)30)24(26)16-33-36(18(4)5,19(6)7)20(8)9/h13-15,18-20,24,26H,10-12,16-17H2,1-9H3,(H,29,30). The molecule has 0 saturated heterocycles. The summed E-state index contributed by atoms with van der Waals surface area (Å²) in [6.45, 7) is 20.7. The van der Waals surface area contributed by atoms with Crippen LogP contribution < -0.4 is 9.47 Å². The number of ether oxygens (including phenoxy) is 2. The first-order valence-corrected chi connectivity index (χ1v) is 18.3. The summed E-state index contributed by atoms with van der Waals surface area (Å²) in [6.07, 6.45) is 1.38. The molecule has 1 aliphatic carbocycles.